The van der Waals surface area contributed by atoms with Gasteiger partial charge in [0.05, 0.1) is 0 Å². The van der Waals surface area contributed by atoms with Crippen molar-refractivity contribution in [3.8, 4) is 0 Å². The van der Waals surface area contributed by atoms with Crippen LogP contribution in [0.1, 0.15) is 19.4 Å². The van der Waals surface area contributed by atoms with Crippen molar-refractivity contribution in [3.05, 3.63) is 28.0 Å². The van der Waals surface area contributed by atoms with Crippen LogP contribution in [0.15, 0.2) is 16.9 Å². The summed E-state index contributed by atoms with van der Waals surface area (Å²) < 4.78 is 0. The Hall–Kier alpha value is -1.29. The number of piperazine rings is 1. The quantitative estimate of drug-likeness (QED) is 0.774. The predicted molar refractivity (Wildman–Crippen MR) is 66.1 cm³/mol. The Balaban J connectivity index is 2.26. The third-order valence-electron chi connectivity index (χ3n) is 3.17. The highest BCUT2D eigenvalue weighted by Crippen LogP contribution is 2.14. The molecule has 1 unspecified atom stereocenters. The molecule has 0 bridgehead atoms. The Morgan fingerprint density at radius 2 is 2.31 bits per heavy atom. The van der Waals surface area contributed by atoms with E-state index in [0.717, 1.165) is 37.4 Å². The second-order valence-corrected chi connectivity index (χ2v) is 4.30. The van der Waals surface area contributed by atoms with Crippen molar-refractivity contribution in [1.82, 2.24) is 10.3 Å². The largest absolute Gasteiger partial charge is 0.353 e. The third kappa shape index (κ3) is 2.11. The predicted octanol–water partition coefficient (Wildman–Crippen LogP) is 0.735. The van der Waals surface area contributed by atoms with Gasteiger partial charge in [-0.05, 0) is 25.5 Å². The van der Waals surface area contributed by atoms with Gasteiger partial charge in [-0.2, -0.15) is 0 Å². The molecule has 16 heavy (non-hydrogen) atoms. The zero-order chi connectivity index (χ0) is 11.5. The van der Waals surface area contributed by atoms with Crippen LogP contribution in [0.2, 0.25) is 0 Å². The topological polar surface area (TPSA) is 48.1 Å². The van der Waals surface area contributed by atoms with Gasteiger partial charge in [0, 0.05) is 31.2 Å². The van der Waals surface area contributed by atoms with E-state index in [2.05, 4.69) is 22.1 Å². The maximum absolute atomic E-state index is 11.7. The molecule has 1 saturated heterocycles. The fourth-order valence-corrected chi connectivity index (χ4v) is 2.14. The minimum absolute atomic E-state index is 0.0470. The summed E-state index contributed by atoms with van der Waals surface area (Å²) in [6.07, 6.45) is 0.784. The molecule has 1 atom stereocenters. The normalized spacial score (nSPS) is 21.1. The van der Waals surface area contributed by atoms with Gasteiger partial charge < -0.3 is 15.2 Å². The summed E-state index contributed by atoms with van der Waals surface area (Å²) in [5.74, 6) is 0.941. The zero-order valence-corrected chi connectivity index (χ0v) is 9.92. The second kappa shape index (κ2) is 4.70. The first-order valence-corrected chi connectivity index (χ1v) is 5.92. The van der Waals surface area contributed by atoms with Crippen molar-refractivity contribution in [2.24, 2.45) is 0 Å². The van der Waals surface area contributed by atoms with E-state index in [4.69, 9.17) is 0 Å². The number of pyridine rings is 1. The Labute approximate surface area is 95.7 Å². The molecule has 2 N–H and O–H groups in total. The Kier molecular flexibility index (Phi) is 3.29. The molecule has 0 amide bonds. The molecule has 1 aliphatic heterocycles. The summed E-state index contributed by atoms with van der Waals surface area (Å²) in [4.78, 5) is 16.9. The summed E-state index contributed by atoms with van der Waals surface area (Å²) in [5, 5.41) is 3.34. The van der Waals surface area contributed by atoms with Crippen LogP contribution >= 0.6 is 0 Å². The maximum atomic E-state index is 11.7. The molecule has 1 aromatic rings. The monoisotopic (exact) mass is 221 g/mol. The third-order valence-corrected chi connectivity index (χ3v) is 3.17. The first-order valence-electron chi connectivity index (χ1n) is 5.92. The molecule has 4 heteroatoms. The molecule has 1 aliphatic rings. The van der Waals surface area contributed by atoms with Crippen molar-refractivity contribution >= 4 is 5.82 Å². The highest BCUT2D eigenvalue weighted by molar-refractivity contribution is 5.41. The van der Waals surface area contributed by atoms with E-state index in [-0.39, 0.29) is 5.56 Å². The van der Waals surface area contributed by atoms with E-state index >= 15 is 0 Å². The number of rotatable bonds is 2. The van der Waals surface area contributed by atoms with E-state index in [1.165, 1.54) is 0 Å². The molecule has 1 fully saturated rings. The summed E-state index contributed by atoms with van der Waals surface area (Å²) in [6, 6.07) is 4.38. The van der Waals surface area contributed by atoms with Crippen LogP contribution in [0.4, 0.5) is 5.82 Å². The lowest BCUT2D eigenvalue weighted by atomic mass is 10.2. The average molecular weight is 221 g/mol. The van der Waals surface area contributed by atoms with Crippen molar-refractivity contribution in [2.45, 2.75) is 26.3 Å². The molecule has 2 rings (SSSR count). The smallest absolute Gasteiger partial charge is 0.252 e. The summed E-state index contributed by atoms with van der Waals surface area (Å²) >= 11 is 0. The molecule has 2 heterocycles. The molecular formula is C12H19N3O. The summed E-state index contributed by atoms with van der Waals surface area (Å²) in [7, 11) is 0. The first-order chi connectivity index (χ1) is 7.72. The fraction of sp³-hybridized carbons (Fsp3) is 0.583. The average Bonchev–Trinajstić information content (AvgIpc) is 2.29. The van der Waals surface area contributed by atoms with Gasteiger partial charge in [0.15, 0.2) is 0 Å². The standard InChI is InChI=1S/C12H19N3O/c1-3-10-4-5-11(14-12(10)16)15-7-6-13-8-9(15)2/h4-5,9,13H,3,6-8H2,1-2H3,(H,14,16). The van der Waals surface area contributed by atoms with E-state index < -0.39 is 0 Å². The number of aromatic nitrogens is 1. The minimum atomic E-state index is 0.0470. The molecule has 0 spiro atoms. The Bertz CT molecular complexity index is 413. The number of anilines is 1. The summed E-state index contributed by atoms with van der Waals surface area (Å²) in [6.45, 7) is 7.05. The van der Waals surface area contributed by atoms with Crippen LogP contribution in [0.3, 0.4) is 0 Å². The van der Waals surface area contributed by atoms with Gasteiger partial charge >= 0.3 is 0 Å². The van der Waals surface area contributed by atoms with E-state index in [1.54, 1.807) is 0 Å². The Morgan fingerprint density at radius 3 is 2.94 bits per heavy atom. The number of aromatic amines is 1. The number of nitrogens with one attached hydrogen (secondary N) is 2. The van der Waals surface area contributed by atoms with Crippen LogP contribution in [-0.2, 0) is 6.42 Å². The van der Waals surface area contributed by atoms with Gasteiger partial charge in [-0.1, -0.05) is 6.92 Å². The van der Waals surface area contributed by atoms with E-state index in [1.807, 2.05) is 19.1 Å². The summed E-state index contributed by atoms with van der Waals surface area (Å²) in [5.41, 5.74) is 0.900. The molecule has 1 aromatic heterocycles. The van der Waals surface area contributed by atoms with E-state index in [0.29, 0.717) is 6.04 Å². The fourth-order valence-electron chi connectivity index (χ4n) is 2.14. The Morgan fingerprint density at radius 1 is 1.50 bits per heavy atom. The zero-order valence-electron chi connectivity index (χ0n) is 9.92. The van der Waals surface area contributed by atoms with Crippen molar-refractivity contribution < 1.29 is 0 Å². The number of nitrogens with zero attached hydrogens (tertiary/aromatic N) is 1. The SMILES string of the molecule is CCc1ccc(N2CCNCC2C)[nH]c1=O. The number of H-pyrrole nitrogens is 1. The van der Waals surface area contributed by atoms with Gasteiger partial charge in [-0.15, -0.1) is 0 Å². The first kappa shape index (κ1) is 11.2. The highest BCUT2D eigenvalue weighted by atomic mass is 16.1. The van der Waals surface area contributed by atoms with Crippen LogP contribution in [0, 0.1) is 0 Å². The molecule has 0 aromatic carbocycles. The highest BCUT2D eigenvalue weighted by Gasteiger charge is 2.18. The van der Waals surface area contributed by atoms with Gasteiger partial charge in [-0.25, -0.2) is 0 Å². The molecular weight excluding hydrogens is 202 g/mol. The van der Waals surface area contributed by atoms with Gasteiger partial charge in [0.2, 0.25) is 0 Å². The molecule has 0 saturated carbocycles. The van der Waals surface area contributed by atoms with Gasteiger partial charge in [0.1, 0.15) is 5.82 Å². The number of hydrogen-bond acceptors (Lipinski definition) is 3. The van der Waals surface area contributed by atoms with Crippen molar-refractivity contribution in [1.29, 1.82) is 0 Å². The number of aryl methyl sites for hydroxylation is 1. The lowest BCUT2D eigenvalue weighted by Crippen LogP contribution is -2.50. The van der Waals surface area contributed by atoms with Crippen molar-refractivity contribution in [3.63, 3.8) is 0 Å². The van der Waals surface area contributed by atoms with Gasteiger partial charge in [0.25, 0.3) is 5.56 Å². The molecule has 0 aliphatic carbocycles. The van der Waals surface area contributed by atoms with Crippen LogP contribution in [0.5, 0.6) is 0 Å². The second-order valence-electron chi connectivity index (χ2n) is 4.30. The lowest BCUT2D eigenvalue weighted by Gasteiger charge is -2.35. The van der Waals surface area contributed by atoms with Crippen molar-refractivity contribution in [2.75, 3.05) is 24.5 Å². The van der Waals surface area contributed by atoms with E-state index in [9.17, 15) is 4.79 Å². The van der Waals surface area contributed by atoms with Crippen LogP contribution < -0.4 is 15.8 Å². The van der Waals surface area contributed by atoms with Crippen LogP contribution in [0.25, 0.3) is 0 Å². The molecule has 4 nitrogen and oxygen atoms in total. The maximum Gasteiger partial charge on any atom is 0.252 e. The molecule has 88 valence electrons. The van der Waals surface area contributed by atoms with Crippen LogP contribution in [-0.4, -0.2) is 30.7 Å². The lowest BCUT2D eigenvalue weighted by molar-refractivity contribution is 0.497. The number of hydrogen-bond donors (Lipinski definition) is 2. The molecule has 0 radical (unpaired) electrons. The minimum Gasteiger partial charge on any atom is -0.353 e. The van der Waals surface area contributed by atoms with Gasteiger partial charge in [-0.3, -0.25) is 4.79 Å².